The maximum atomic E-state index is 13.9. The summed E-state index contributed by atoms with van der Waals surface area (Å²) in [6.45, 7) is 1.54. The third-order valence-corrected chi connectivity index (χ3v) is 6.91. The molecule has 0 saturated heterocycles. The van der Waals surface area contributed by atoms with Crippen LogP contribution in [0.15, 0.2) is 84.9 Å². The van der Waals surface area contributed by atoms with Crippen molar-refractivity contribution in [1.82, 2.24) is 9.88 Å². The summed E-state index contributed by atoms with van der Waals surface area (Å²) in [7, 11) is 0. The first-order valence-electron chi connectivity index (χ1n) is 12.1. The fraction of sp³-hybridized carbons (Fsp3) is 0.167. The van der Waals surface area contributed by atoms with E-state index >= 15 is 0 Å². The molecule has 0 radical (unpaired) electrons. The Kier molecular flexibility index (Phi) is 5.72. The quantitative estimate of drug-likeness (QED) is 0.298. The van der Waals surface area contributed by atoms with Crippen molar-refractivity contribution in [3.8, 4) is 5.75 Å². The number of benzene rings is 4. The third-order valence-electron chi connectivity index (χ3n) is 6.91. The van der Waals surface area contributed by atoms with Crippen LogP contribution in [0.2, 0.25) is 0 Å². The number of carbonyl (C=O) groups excluding carboxylic acids is 1. The number of ether oxygens (including phenoxy) is 1. The van der Waals surface area contributed by atoms with Crippen molar-refractivity contribution in [2.45, 2.75) is 25.7 Å². The van der Waals surface area contributed by atoms with Gasteiger partial charge in [0.1, 0.15) is 12.4 Å². The van der Waals surface area contributed by atoms with Crippen LogP contribution in [0, 0.1) is 0 Å². The Morgan fingerprint density at radius 1 is 0.919 bits per heavy atom. The van der Waals surface area contributed by atoms with Crippen LogP contribution in [0.4, 0.5) is 13.2 Å². The van der Waals surface area contributed by atoms with Crippen molar-refractivity contribution in [2.24, 2.45) is 0 Å². The molecule has 1 aromatic heterocycles. The average molecular weight is 501 g/mol. The number of alkyl halides is 3. The predicted molar refractivity (Wildman–Crippen MR) is 137 cm³/mol. The van der Waals surface area contributed by atoms with Gasteiger partial charge in [0.2, 0.25) is 0 Å². The highest BCUT2D eigenvalue weighted by molar-refractivity contribution is 6.11. The number of hydrogen-bond donors (Lipinski definition) is 1. The number of hydrogen-bond acceptors (Lipinski definition) is 3. The Balaban J connectivity index is 1.35. The predicted octanol–water partition coefficient (Wildman–Crippen LogP) is 6.73. The van der Waals surface area contributed by atoms with Crippen molar-refractivity contribution in [3.63, 3.8) is 0 Å². The van der Waals surface area contributed by atoms with Gasteiger partial charge in [-0.3, -0.25) is 9.36 Å². The van der Waals surface area contributed by atoms with E-state index < -0.39 is 11.7 Å². The molecule has 1 N–H and O–H groups in total. The monoisotopic (exact) mass is 500 g/mol. The van der Waals surface area contributed by atoms with Crippen molar-refractivity contribution >= 4 is 27.6 Å². The van der Waals surface area contributed by atoms with Crippen LogP contribution < -0.4 is 10.1 Å². The average Bonchev–Trinajstić information content (AvgIpc) is 3.24. The summed E-state index contributed by atoms with van der Waals surface area (Å²) in [5, 5.41) is 6.25. The lowest BCUT2D eigenvalue weighted by molar-refractivity contribution is -0.137. The van der Waals surface area contributed by atoms with Crippen LogP contribution in [0.5, 0.6) is 5.75 Å². The summed E-state index contributed by atoms with van der Waals surface area (Å²) in [6.07, 6.45) is -3.58. The molecule has 0 atom stereocenters. The molecule has 0 unspecified atom stereocenters. The smallest absolute Gasteiger partial charge is 0.416 e. The molecule has 5 aromatic rings. The van der Waals surface area contributed by atoms with E-state index in [9.17, 15) is 18.0 Å². The maximum absolute atomic E-state index is 13.9. The summed E-state index contributed by atoms with van der Waals surface area (Å²) in [6, 6.07) is 24.2. The zero-order valence-corrected chi connectivity index (χ0v) is 19.8. The van der Waals surface area contributed by atoms with E-state index in [0.29, 0.717) is 23.4 Å². The number of aromatic nitrogens is 1. The molecule has 37 heavy (non-hydrogen) atoms. The second kappa shape index (κ2) is 9.09. The largest absolute Gasteiger partial charge is 0.489 e. The van der Waals surface area contributed by atoms with Crippen LogP contribution in [0.25, 0.3) is 21.7 Å². The van der Waals surface area contributed by atoms with E-state index in [1.54, 1.807) is 10.6 Å². The molecule has 0 spiro atoms. The molecule has 0 saturated carbocycles. The highest BCUT2D eigenvalue weighted by atomic mass is 19.4. The first-order valence-corrected chi connectivity index (χ1v) is 12.1. The van der Waals surface area contributed by atoms with Crippen molar-refractivity contribution in [1.29, 1.82) is 0 Å². The summed E-state index contributed by atoms with van der Waals surface area (Å²) in [5.74, 6) is 0.522. The number of halogens is 3. The third kappa shape index (κ3) is 4.25. The summed E-state index contributed by atoms with van der Waals surface area (Å²) >= 11 is 0. The minimum absolute atomic E-state index is 0.0785. The van der Waals surface area contributed by atoms with Gasteiger partial charge in [0, 0.05) is 23.2 Å². The van der Waals surface area contributed by atoms with Gasteiger partial charge in [-0.1, -0.05) is 48.5 Å². The molecule has 0 aliphatic carbocycles. The molecule has 1 aliphatic heterocycles. The SMILES string of the molecule is O=C(c1cccc2ccccc12)n1c2c(c3cc(OCc4ccc(C(F)(F)F)cc4)ccc31)CCNC2. The van der Waals surface area contributed by atoms with Crippen LogP contribution >= 0.6 is 0 Å². The van der Waals surface area contributed by atoms with Gasteiger partial charge in [-0.15, -0.1) is 0 Å². The number of nitrogens with one attached hydrogen (secondary N) is 1. The summed E-state index contributed by atoms with van der Waals surface area (Å²) < 4.78 is 46.3. The standard InChI is InChI=1S/C30H23F3N2O2/c31-30(32,33)21-10-8-19(9-11-21)18-37-22-12-13-27-26(16-22)24-14-15-34-17-28(24)35(27)29(36)25-7-3-5-20-4-1-2-6-23(20)25/h1-13,16,34H,14-15,17-18H2. The van der Waals surface area contributed by atoms with E-state index in [1.165, 1.54) is 12.1 Å². The van der Waals surface area contributed by atoms with Gasteiger partial charge in [0.25, 0.3) is 5.91 Å². The van der Waals surface area contributed by atoms with E-state index in [0.717, 1.165) is 58.0 Å². The molecule has 7 heteroatoms. The second-order valence-corrected chi connectivity index (χ2v) is 9.18. The zero-order valence-electron chi connectivity index (χ0n) is 19.8. The number of fused-ring (bicyclic) bond motifs is 4. The van der Waals surface area contributed by atoms with Gasteiger partial charge < -0.3 is 10.1 Å². The Labute approximate surface area is 211 Å². The fourth-order valence-corrected chi connectivity index (χ4v) is 5.08. The highest BCUT2D eigenvalue weighted by Crippen LogP contribution is 2.34. The highest BCUT2D eigenvalue weighted by Gasteiger charge is 2.30. The molecule has 0 bridgehead atoms. The Hall–Kier alpha value is -4.10. The van der Waals surface area contributed by atoms with Gasteiger partial charge in [-0.05, 0) is 71.3 Å². The minimum atomic E-state index is -4.37. The maximum Gasteiger partial charge on any atom is 0.416 e. The fourth-order valence-electron chi connectivity index (χ4n) is 5.08. The minimum Gasteiger partial charge on any atom is -0.489 e. The van der Waals surface area contributed by atoms with E-state index in [-0.39, 0.29) is 12.5 Å². The van der Waals surface area contributed by atoms with E-state index in [1.807, 2.05) is 54.6 Å². The van der Waals surface area contributed by atoms with E-state index in [2.05, 4.69) is 5.32 Å². The first kappa shape index (κ1) is 23.3. The Morgan fingerprint density at radius 2 is 1.70 bits per heavy atom. The second-order valence-electron chi connectivity index (χ2n) is 9.18. The van der Waals surface area contributed by atoms with Crippen molar-refractivity contribution in [3.05, 3.63) is 113 Å². The molecule has 0 fully saturated rings. The van der Waals surface area contributed by atoms with Gasteiger partial charge >= 0.3 is 6.18 Å². The molecule has 2 heterocycles. The number of nitrogens with zero attached hydrogens (tertiary/aromatic N) is 1. The molecule has 4 aromatic carbocycles. The lowest BCUT2D eigenvalue weighted by Crippen LogP contribution is -2.27. The van der Waals surface area contributed by atoms with Crippen LogP contribution in [0.3, 0.4) is 0 Å². The van der Waals surface area contributed by atoms with Gasteiger partial charge in [0.05, 0.1) is 11.1 Å². The lowest BCUT2D eigenvalue weighted by Gasteiger charge is -2.17. The summed E-state index contributed by atoms with van der Waals surface area (Å²) in [5.41, 5.74) is 3.47. The normalized spacial score (nSPS) is 13.6. The molecular formula is C30H23F3N2O2. The Bertz CT molecular complexity index is 1630. The molecule has 186 valence electrons. The van der Waals surface area contributed by atoms with Gasteiger partial charge in [0.15, 0.2) is 0 Å². The van der Waals surface area contributed by atoms with E-state index in [4.69, 9.17) is 4.74 Å². The summed E-state index contributed by atoms with van der Waals surface area (Å²) in [4.78, 5) is 13.9. The number of carbonyl (C=O) groups is 1. The molecule has 0 amide bonds. The molecular weight excluding hydrogens is 477 g/mol. The van der Waals surface area contributed by atoms with Crippen molar-refractivity contribution < 1.29 is 22.7 Å². The van der Waals surface area contributed by atoms with Crippen molar-refractivity contribution in [2.75, 3.05) is 6.54 Å². The lowest BCUT2D eigenvalue weighted by atomic mass is 10.0. The topological polar surface area (TPSA) is 43.3 Å². The van der Waals surface area contributed by atoms with Crippen LogP contribution in [0.1, 0.15) is 32.7 Å². The van der Waals surface area contributed by atoms with Crippen LogP contribution in [-0.2, 0) is 25.7 Å². The van der Waals surface area contributed by atoms with Gasteiger partial charge in [-0.2, -0.15) is 13.2 Å². The zero-order chi connectivity index (χ0) is 25.6. The first-order chi connectivity index (χ1) is 17.9. The van der Waals surface area contributed by atoms with Crippen LogP contribution in [-0.4, -0.2) is 17.0 Å². The number of rotatable bonds is 4. The molecule has 6 rings (SSSR count). The Morgan fingerprint density at radius 3 is 2.51 bits per heavy atom. The van der Waals surface area contributed by atoms with Gasteiger partial charge in [-0.25, -0.2) is 0 Å². The molecule has 4 nitrogen and oxygen atoms in total. The molecule has 1 aliphatic rings.